The predicted molar refractivity (Wildman–Crippen MR) is 64.7 cm³/mol. The first-order valence-corrected chi connectivity index (χ1v) is 5.64. The minimum atomic E-state index is 0.823. The highest BCUT2D eigenvalue weighted by Gasteiger charge is 2.04. The van der Waals surface area contributed by atoms with Gasteiger partial charge in [-0.05, 0) is 57.6 Å². The van der Waals surface area contributed by atoms with E-state index >= 15 is 0 Å². The van der Waals surface area contributed by atoms with Crippen LogP contribution in [-0.2, 0) is 0 Å². The Bertz CT molecular complexity index is 470. The van der Waals surface area contributed by atoms with E-state index in [9.17, 15) is 0 Å². The van der Waals surface area contributed by atoms with Crippen LogP contribution in [0.25, 0.3) is 11.0 Å². The Kier molecular flexibility index (Phi) is 2.51. The molecule has 1 heterocycles. The second-order valence-corrected chi connectivity index (χ2v) is 4.62. The van der Waals surface area contributed by atoms with Crippen molar-refractivity contribution in [2.45, 2.75) is 6.92 Å². The maximum atomic E-state index is 4.42. The zero-order chi connectivity index (χ0) is 9.42. The topological polar surface area (TPSA) is 25.8 Å². The van der Waals surface area contributed by atoms with Crippen molar-refractivity contribution in [1.29, 1.82) is 0 Å². The summed E-state index contributed by atoms with van der Waals surface area (Å²) in [6.07, 6.45) is 0. The number of halogens is 2. The average Bonchev–Trinajstić information content (AvgIpc) is 2.09. The molecule has 1 aromatic heterocycles. The van der Waals surface area contributed by atoms with E-state index in [0.29, 0.717) is 0 Å². The first-order chi connectivity index (χ1) is 6.18. The zero-order valence-corrected chi connectivity index (χ0v) is 10.6. The van der Waals surface area contributed by atoms with Gasteiger partial charge in [-0.25, -0.2) is 9.97 Å². The summed E-state index contributed by atoms with van der Waals surface area (Å²) in [4.78, 5) is 8.84. The van der Waals surface area contributed by atoms with Gasteiger partial charge in [0, 0.05) is 3.57 Å². The van der Waals surface area contributed by atoms with Crippen LogP contribution in [0, 0.1) is 10.5 Å². The quantitative estimate of drug-likeness (QED) is 0.683. The van der Waals surface area contributed by atoms with Gasteiger partial charge in [0.2, 0.25) is 0 Å². The van der Waals surface area contributed by atoms with Crippen LogP contribution in [0.1, 0.15) is 5.69 Å². The predicted octanol–water partition coefficient (Wildman–Crippen LogP) is 3.31. The molecule has 66 valence electrons. The minimum absolute atomic E-state index is 0.823. The first kappa shape index (κ1) is 9.33. The Labute approximate surface area is 98.0 Å². The van der Waals surface area contributed by atoms with Crippen molar-refractivity contribution in [3.63, 3.8) is 0 Å². The summed E-state index contributed by atoms with van der Waals surface area (Å²) in [7, 11) is 0. The third-order valence-electron chi connectivity index (χ3n) is 1.76. The fourth-order valence-corrected chi connectivity index (χ4v) is 1.98. The Balaban J connectivity index is 2.89. The van der Waals surface area contributed by atoms with E-state index in [4.69, 9.17) is 0 Å². The molecule has 0 bridgehead atoms. The van der Waals surface area contributed by atoms with Crippen molar-refractivity contribution < 1.29 is 0 Å². The number of para-hydroxylation sites is 1. The second-order valence-electron chi connectivity index (χ2n) is 2.71. The zero-order valence-electron chi connectivity index (χ0n) is 6.88. The Morgan fingerprint density at radius 2 is 2.08 bits per heavy atom. The summed E-state index contributed by atoms with van der Waals surface area (Å²) in [6.45, 7) is 1.94. The lowest BCUT2D eigenvalue weighted by Crippen LogP contribution is -1.91. The average molecular weight is 349 g/mol. The molecule has 2 rings (SSSR count). The van der Waals surface area contributed by atoms with Gasteiger partial charge in [0.1, 0.15) is 10.1 Å². The van der Waals surface area contributed by atoms with Crippen LogP contribution < -0.4 is 0 Å². The van der Waals surface area contributed by atoms with Gasteiger partial charge in [0.05, 0.1) is 11.2 Å². The molecule has 2 aromatic rings. The van der Waals surface area contributed by atoms with Crippen molar-refractivity contribution in [3.8, 4) is 0 Å². The van der Waals surface area contributed by atoms with Crippen molar-refractivity contribution in [3.05, 3.63) is 32.1 Å². The van der Waals surface area contributed by atoms with Gasteiger partial charge in [-0.15, -0.1) is 0 Å². The smallest absolute Gasteiger partial charge is 0.128 e. The molecule has 4 heteroatoms. The Morgan fingerprint density at radius 1 is 1.31 bits per heavy atom. The summed E-state index contributed by atoms with van der Waals surface area (Å²) in [6, 6.07) is 6.00. The number of aryl methyl sites for hydroxylation is 1. The van der Waals surface area contributed by atoms with Crippen molar-refractivity contribution >= 4 is 49.6 Å². The SMILES string of the molecule is Cc1nc2cccc(I)c2nc1Br. The van der Waals surface area contributed by atoms with Gasteiger partial charge < -0.3 is 0 Å². The van der Waals surface area contributed by atoms with Crippen molar-refractivity contribution in [2.24, 2.45) is 0 Å². The maximum absolute atomic E-state index is 4.42. The van der Waals surface area contributed by atoms with Gasteiger partial charge >= 0.3 is 0 Å². The van der Waals surface area contributed by atoms with Crippen LogP contribution >= 0.6 is 38.5 Å². The largest absolute Gasteiger partial charge is 0.249 e. The van der Waals surface area contributed by atoms with Gasteiger partial charge in [-0.1, -0.05) is 6.07 Å². The lowest BCUT2D eigenvalue weighted by molar-refractivity contribution is 1.14. The summed E-state index contributed by atoms with van der Waals surface area (Å²) in [5.41, 5.74) is 2.84. The van der Waals surface area contributed by atoms with Crippen LogP contribution in [0.15, 0.2) is 22.8 Å². The molecule has 0 atom stereocenters. The standard InChI is InChI=1S/C9H6BrIN2/c1-5-9(10)13-8-6(11)3-2-4-7(8)12-5/h2-4H,1H3. The van der Waals surface area contributed by atoms with Gasteiger partial charge in [0.15, 0.2) is 0 Å². The van der Waals surface area contributed by atoms with E-state index < -0.39 is 0 Å². The Morgan fingerprint density at radius 3 is 2.85 bits per heavy atom. The van der Waals surface area contributed by atoms with Crippen molar-refractivity contribution in [1.82, 2.24) is 9.97 Å². The van der Waals surface area contributed by atoms with E-state index in [1.165, 1.54) is 0 Å². The highest BCUT2D eigenvalue weighted by Crippen LogP contribution is 2.20. The first-order valence-electron chi connectivity index (χ1n) is 3.77. The molecule has 1 aromatic carbocycles. The van der Waals surface area contributed by atoms with Crippen molar-refractivity contribution in [2.75, 3.05) is 0 Å². The van der Waals surface area contributed by atoms with E-state index in [1.807, 2.05) is 25.1 Å². The third-order valence-corrected chi connectivity index (χ3v) is 3.38. The fraction of sp³-hybridized carbons (Fsp3) is 0.111. The van der Waals surface area contributed by atoms with E-state index in [0.717, 1.165) is 24.9 Å². The van der Waals surface area contributed by atoms with Crippen LogP contribution in [0.5, 0.6) is 0 Å². The minimum Gasteiger partial charge on any atom is -0.249 e. The highest BCUT2D eigenvalue weighted by atomic mass is 127. The number of hydrogen-bond donors (Lipinski definition) is 0. The lowest BCUT2D eigenvalue weighted by Gasteiger charge is -2.01. The number of hydrogen-bond acceptors (Lipinski definition) is 2. The molecule has 0 fully saturated rings. The molecule has 0 saturated carbocycles. The van der Waals surface area contributed by atoms with Crippen LogP contribution in [-0.4, -0.2) is 9.97 Å². The highest BCUT2D eigenvalue weighted by molar-refractivity contribution is 14.1. The van der Waals surface area contributed by atoms with Gasteiger partial charge in [-0.3, -0.25) is 0 Å². The molecule has 2 nitrogen and oxygen atoms in total. The van der Waals surface area contributed by atoms with Gasteiger partial charge in [-0.2, -0.15) is 0 Å². The van der Waals surface area contributed by atoms with Gasteiger partial charge in [0.25, 0.3) is 0 Å². The second kappa shape index (κ2) is 3.49. The lowest BCUT2D eigenvalue weighted by atomic mass is 10.3. The van der Waals surface area contributed by atoms with E-state index in [1.54, 1.807) is 0 Å². The summed E-state index contributed by atoms with van der Waals surface area (Å²) < 4.78 is 1.95. The molecule has 0 aliphatic carbocycles. The molecule has 13 heavy (non-hydrogen) atoms. The normalized spacial score (nSPS) is 10.7. The molecule has 0 aliphatic rings. The van der Waals surface area contributed by atoms with Crippen LogP contribution in [0.2, 0.25) is 0 Å². The number of aromatic nitrogens is 2. The molecule has 0 saturated heterocycles. The molecular formula is C9H6BrIN2. The van der Waals surface area contributed by atoms with Crippen LogP contribution in [0.4, 0.5) is 0 Å². The molecule has 0 unspecified atom stereocenters. The third kappa shape index (κ3) is 1.69. The Hall–Kier alpha value is -0.230. The summed E-state index contributed by atoms with van der Waals surface area (Å²) in [5.74, 6) is 0. The number of rotatable bonds is 0. The molecule has 0 spiro atoms. The summed E-state index contributed by atoms with van der Waals surface area (Å²) >= 11 is 5.64. The molecule has 0 amide bonds. The molecule has 0 N–H and O–H groups in total. The fourth-order valence-electron chi connectivity index (χ4n) is 1.11. The van der Waals surface area contributed by atoms with E-state index in [2.05, 4.69) is 48.5 Å². The number of benzene rings is 1. The number of nitrogens with zero attached hydrogens (tertiary/aromatic N) is 2. The number of fused-ring (bicyclic) bond motifs is 1. The molecule has 0 aliphatic heterocycles. The monoisotopic (exact) mass is 348 g/mol. The molecular weight excluding hydrogens is 343 g/mol. The maximum Gasteiger partial charge on any atom is 0.128 e. The van der Waals surface area contributed by atoms with E-state index in [-0.39, 0.29) is 0 Å². The van der Waals surface area contributed by atoms with Crippen LogP contribution in [0.3, 0.4) is 0 Å². The summed E-state index contributed by atoms with van der Waals surface area (Å²) in [5, 5.41) is 0. The molecule has 0 radical (unpaired) electrons.